The van der Waals surface area contributed by atoms with Crippen molar-refractivity contribution in [3.63, 3.8) is 0 Å². The molecule has 1 aromatic carbocycles. The molecule has 0 unspecified atom stereocenters. The van der Waals surface area contributed by atoms with Crippen molar-refractivity contribution in [2.45, 2.75) is 57.8 Å². The molecule has 0 spiro atoms. The molecule has 0 radical (unpaired) electrons. The number of amides is 1. The second-order valence-electron chi connectivity index (χ2n) is 7.86. The molecule has 1 N–H and O–H groups in total. The van der Waals surface area contributed by atoms with E-state index in [0.717, 1.165) is 31.4 Å². The molecule has 7 heteroatoms. The summed E-state index contributed by atoms with van der Waals surface area (Å²) >= 11 is 0. The van der Waals surface area contributed by atoms with Crippen LogP contribution in [0.1, 0.15) is 53.8 Å². The minimum atomic E-state index is -0.131. The molecule has 2 aliphatic heterocycles. The highest BCUT2D eigenvalue weighted by atomic mass is 16.7. The Morgan fingerprint density at radius 3 is 2.86 bits per heavy atom. The van der Waals surface area contributed by atoms with Crippen LogP contribution in [0.2, 0.25) is 0 Å². The quantitative estimate of drug-likeness (QED) is 0.881. The zero-order valence-corrected chi connectivity index (χ0v) is 16.0. The Morgan fingerprint density at radius 2 is 1.96 bits per heavy atom. The zero-order valence-electron chi connectivity index (χ0n) is 16.0. The molecule has 0 atom stereocenters. The molecule has 3 aliphatic rings. The summed E-state index contributed by atoms with van der Waals surface area (Å²) in [5.74, 6) is 1.17. The summed E-state index contributed by atoms with van der Waals surface area (Å²) in [5, 5.41) is 7.65. The van der Waals surface area contributed by atoms with Gasteiger partial charge in [-0.1, -0.05) is 19.3 Å². The maximum Gasteiger partial charge on any atom is 0.251 e. The molecule has 3 heterocycles. The molecule has 2 aromatic rings. The van der Waals surface area contributed by atoms with E-state index < -0.39 is 0 Å². The predicted octanol–water partition coefficient (Wildman–Crippen LogP) is 2.69. The third-order valence-electron chi connectivity index (χ3n) is 6.03. The summed E-state index contributed by atoms with van der Waals surface area (Å²) in [7, 11) is 0. The third-order valence-corrected chi connectivity index (χ3v) is 6.03. The lowest BCUT2D eigenvalue weighted by Gasteiger charge is -2.36. The van der Waals surface area contributed by atoms with Gasteiger partial charge >= 0.3 is 0 Å². The Balaban J connectivity index is 1.20. The standard InChI is InChI=1S/C21H26N4O3/c26-21(15-6-7-19-20(10-15)28-14-27-19)22-12-16-11-18-13-24(8-9-25(18)23-16)17-4-2-1-3-5-17/h6-7,10-11,17H,1-5,8-9,12-14H2,(H,22,26). The van der Waals surface area contributed by atoms with E-state index in [1.165, 1.54) is 37.8 Å². The molecule has 148 valence electrons. The van der Waals surface area contributed by atoms with Crippen LogP contribution in [0.5, 0.6) is 11.5 Å². The third kappa shape index (κ3) is 3.46. The van der Waals surface area contributed by atoms with Crippen LogP contribution in [-0.2, 0) is 19.6 Å². The van der Waals surface area contributed by atoms with E-state index in [-0.39, 0.29) is 12.7 Å². The minimum Gasteiger partial charge on any atom is -0.454 e. The lowest BCUT2D eigenvalue weighted by molar-refractivity contribution is 0.0949. The molecular weight excluding hydrogens is 356 g/mol. The monoisotopic (exact) mass is 382 g/mol. The fourth-order valence-electron chi connectivity index (χ4n) is 4.50. The first-order chi connectivity index (χ1) is 13.8. The summed E-state index contributed by atoms with van der Waals surface area (Å²) in [5.41, 5.74) is 2.73. The van der Waals surface area contributed by atoms with Gasteiger partial charge in [0.2, 0.25) is 6.79 Å². The minimum absolute atomic E-state index is 0.131. The van der Waals surface area contributed by atoms with Crippen molar-refractivity contribution in [3.8, 4) is 11.5 Å². The zero-order chi connectivity index (χ0) is 18.9. The molecule has 1 saturated carbocycles. The number of rotatable bonds is 4. The van der Waals surface area contributed by atoms with Crippen molar-refractivity contribution in [2.75, 3.05) is 13.3 Å². The average Bonchev–Trinajstić information content (AvgIpc) is 3.37. The Morgan fingerprint density at radius 1 is 1.11 bits per heavy atom. The van der Waals surface area contributed by atoms with Gasteiger partial charge in [0.25, 0.3) is 5.91 Å². The van der Waals surface area contributed by atoms with Crippen molar-refractivity contribution in [1.82, 2.24) is 20.0 Å². The molecule has 1 amide bonds. The first-order valence-electron chi connectivity index (χ1n) is 10.2. The second-order valence-corrected chi connectivity index (χ2v) is 7.86. The van der Waals surface area contributed by atoms with Crippen LogP contribution in [-0.4, -0.2) is 40.0 Å². The van der Waals surface area contributed by atoms with Gasteiger partial charge in [-0.2, -0.15) is 5.10 Å². The van der Waals surface area contributed by atoms with E-state index in [0.29, 0.717) is 23.6 Å². The number of ether oxygens (including phenoxy) is 2. The van der Waals surface area contributed by atoms with Gasteiger partial charge in [-0.3, -0.25) is 14.4 Å². The summed E-state index contributed by atoms with van der Waals surface area (Å²) in [6.45, 7) is 3.60. The Kier molecular flexibility index (Phi) is 4.68. The van der Waals surface area contributed by atoms with E-state index in [4.69, 9.17) is 9.47 Å². The van der Waals surface area contributed by atoms with E-state index in [1.54, 1.807) is 18.2 Å². The lowest BCUT2D eigenvalue weighted by atomic mass is 9.94. The molecule has 1 fully saturated rings. The number of hydrogen-bond acceptors (Lipinski definition) is 5. The maximum atomic E-state index is 12.5. The van der Waals surface area contributed by atoms with Gasteiger partial charge in [-0.05, 0) is 37.1 Å². The number of hydrogen-bond donors (Lipinski definition) is 1. The first-order valence-corrected chi connectivity index (χ1v) is 10.2. The number of aromatic nitrogens is 2. The normalized spacial score (nSPS) is 19.4. The molecule has 7 nitrogen and oxygen atoms in total. The number of carbonyl (C=O) groups is 1. The van der Waals surface area contributed by atoms with Crippen LogP contribution in [0.4, 0.5) is 0 Å². The highest BCUT2D eigenvalue weighted by Crippen LogP contribution is 2.32. The fraction of sp³-hybridized carbons (Fsp3) is 0.524. The molecular formula is C21H26N4O3. The smallest absolute Gasteiger partial charge is 0.251 e. The fourth-order valence-corrected chi connectivity index (χ4v) is 4.50. The Hall–Kier alpha value is -2.54. The number of benzene rings is 1. The number of fused-ring (bicyclic) bond motifs is 2. The van der Waals surface area contributed by atoms with Gasteiger partial charge in [-0.15, -0.1) is 0 Å². The summed E-state index contributed by atoms with van der Waals surface area (Å²) < 4.78 is 12.7. The largest absolute Gasteiger partial charge is 0.454 e. The van der Waals surface area contributed by atoms with Crippen molar-refractivity contribution >= 4 is 5.91 Å². The second kappa shape index (κ2) is 7.47. The number of nitrogens with one attached hydrogen (secondary N) is 1. The summed E-state index contributed by atoms with van der Waals surface area (Å²) in [4.78, 5) is 15.1. The molecule has 28 heavy (non-hydrogen) atoms. The maximum absolute atomic E-state index is 12.5. The Labute approximate surface area is 164 Å². The topological polar surface area (TPSA) is 68.6 Å². The van der Waals surface area contributed by atoms with Crippen molar-refractivity contribution < 1.29 is 14.3 Å². The van der Waals surface area contributed by atoms with Gasteiger partial charge in [0.15, 0.2) is 11.5 Å². The number of carbonyl (C=O) groups excluding carboxylic acids is 1. The molecule has 0 bridgehead atoms. The van der Waals surface area contributed by atoms with Crippen molar-refractivity contribution in [2.24, 2.45) is 0 Å². The van der Waals surface area contributed by atoms with E-state index in [9.17, 15) is 4.79 Å². The molecule has 1 aliphatic carbocycles. The first kappa shape index (κ1) is 17.6. The lowest BCUT2D eigenvalue weighted by Crippen LogP contribution is -2.42. The van der Waals surface area contributed by atoms with E-state index in [1.807, 2.05) is 0 Å². The highest BCUT2D eigenvalue weighted by molar-refractivity contribution is 5.94. The average molecular weight is 382 g/mol. The van der Waals surface area contributed by atoms with Crippen LogP contribution in [0, 0.1) is 0 Å². The van der Waals surface area contributed by atoms with Crippen LogP contribution < -0.4 is 14.8 Å². The predicted molar refractivity (Wildman–Crippen MR) is 103 cm³/mol. The molecule has 0 saturated heterocycles. The van der Waals surface area contributed by atoms with Crippen LogP contribution in [0.15, 0.2) is 24.3 Å². The van der Waals surface area contributed by atoms with Gasteiger partial charge < -0.3 is 14.8 Å². The number of nitrogens with zero attached hydrogens (tertiary/aromatic N) is 3. The van der Waals surface area contributed by atoms with Gasteiger partial charge in [0.1, 0.15) is 0 Å². The van der Waals surface area contributed by atoms with Crippen LogP contribution in [0.3, 0.4) is 0 Å². The van der Waals surface area contributed by atoms with Crippen molar-refractivity contribution in [3.05, 3.63) is 41.2 Å². The summed E-state index contributed by atoms with van der Waals surface area (Å²) in [6.07, 6.45) is 6.75. The van der Waals surface area contributed by atoms with E-state index >= 15 is 0 Å². The molecule has 5 rings (SSSR count). The SMILES string of the molecule is O=C(NCc1cc2n(n1)CCN(C1CCCCC1)C2)c1ccc2c(c1)OCO2. The van der Waals surface area contributed by atoms with Crippen LogP contribution in [0.25, 0.3) is 0 Å². The van der Waals surface area contributed by atoms with E-state index in [2.05, 4.69) is 26.1 Å². The highest BCUT2D eigenvalue weighted by Gasteiger charge is 2.26. The van der Waals surface area contributed by atoms with Gasteiger partial charge in [0.05, 0.1) is 24.5 Å². The van der Waals surface area contributed by atoms with Crippen LogP contribution >= 0.6 is 0 Å². The van der Waals surface area contributed by atoms with Gasteiger partial charge in [0, 0.05) is 24.7 Å². The van der Waals surface area contributed by atoms with Crippen molar-refractivity contribution in [1.29, 1.82) is 0 Å². The molecule has 1 aromatic heterocycles. The van der Waals surface area contributed by atoms with Gasteiger partial charge in [-0.25, -0.2) is 0 Å². The summed E-state index contributed by atoms with van der Waals surface area (Å²) in [6, 6.07) is 8.11. The Bertz CT molecular complexity index is 873.